The lowest BCUT2D eigenvalue weighted by atomic mass is 9.95. The Kier molecular flexibility index (Phi) is 4.35. The van der Waals surface area contributed by atoms with Gasteiger partial charge in [0, 0.05) is 0 Å². The van der Waals surface area contributed by atoms with Crippen LogP contribution in [0.3, 0.4) is 0 Å². The lowest BCUT2D eigenvalue weighted by molar-refractivity contribution is -0.145. The van der Waals surface area contributed by atoms with Gasteiger partial charge in [0.15, 0.2) is 5.69 Å². The molecule has 0 N–H and O–H groups in total. The van der Waals surface area contributed by atoms with Gasteiger partial charge in [-0.05, 0) is 19.8 Å². The molecule has 2 rings (SSSR count). The van der Waals surface area contributed by atoms with Gasteiger partial charge in [-0.3, -0.25) is 4.68 Å². The molecule has 0 aromatic carbocycles. The van der Waals surface area contributed by atoms with Crippen LogP contribution in [0.2, 0.25) is 0 Å². The normalized spacial score (nSPS) is 17.2. The maximum Gasteiger partial charge on any atom is 0.433 e. The molecular formula is C13H17F3N2O2. The molecule has 0 amide bonds. The predicted octanol–water partition coefficient (Wildman–Crippen LogP) is 3.58. The molecule has 7 heteroatoms. The number of halogens is 3. The summed E-state index contributed by atoms with van der Waals surface area (Å²) >= 11 is 0. The highest BCUT2D eigenvalue weighted by Gasteiger charge is 2.42. The number of aromatic nitrogens is 2. The minimum Gasteiger partial charge on any atom is -0.462 e. The van der Waals surface area contributed by atoms with Crippen LogP contribution in [0, 0.1) is 0 Å². The molecule has 0 radical (unpaired) electrons. The van der Waals surface area contributed by atoms with Crippen LogP contribution in [0.1, 0.15) is 61.1 Å². The van der Waals surface area contributed by atoms with Crippen molar-refractivity contribution >= 4 is 5.97 Å². The lowest BCUT2D eigenvalue weighted by Gasteiger charge is -2.24. The van der Waals surface area contributed by atoms with E-state index in [0.717, 1.165) is 30.1 Å². The number of rotatable bonds is 3. The number of hydrogen-bond acceptors (Lipinski definition) is 3. The van der Waals surface area contributed by atoms with Crippen molar-refractivity contribution in [3.05, 3.63) is 17.5 Å². The second kappa shape index (κ2) is 5.85. The van der Waals surface area contributed by atoms with E-state index < -0.39 is 23.4 Å². The molecule has 4 nitrogen and oxygen atoms in total. The molecule has 0 atom stereocenters. The van der Waals surface area contributed by atoms with Gasteiger partial charge in [-0.2, -0.15) is 18.3 Å². The first kappa shape index (κ1) is 14.9. The minimum atomic E-state index is -4.62. The Morgan fingerprint density at radius 1 is 1.40 bits per heavy atom. The van der Waals surface area contributed by atoms with Gasteiger partial charge in [-0.1, -0.05) is 19.3 Å². The van der Waals surface area contributed by atoms with Crippen molar-refractivity contribution in [3.63, 3.8) is 0 Å². The summed E-state index contributed by atoms with van der Waals surface area (Å²) in [5.41, 5.74) is -1.48. The zero-order valence-electron chi connectivity index (χ0n) is 11.2. The summed E-state index contributed by atoms with van der Waals surface area (Å²) in [6.45, 7) is 1.58. The Balaban J connectivity index is 2.39. The van der Waals surface area contributed by atoms with Crippen LogP contribution in [-0.2, 0) is 10.9 Å². The summed E-state index contributed by atoms with van der Waals surface area (Å²) in [7, 11) is 0. The monoisotopic (exact) mass is 290 g/mol. The second-order valence-electron chi connectivity index (χ2n) is 4.86. The van der Waals surface area contributed by atoms with Gasteiger partial charge in [-0.25, -0.2) is 4.79 Å². The number of nitrogens with zero attached hydrogens (tertiary/aromatic N) is 2. The fourth-order valence-corrected chi connectivity index (χ4v) is 2.61. The maximum atomic E-state index is 13.2. The van der Waals surface area contributed by atoms with Gasteiger partial charge in [-0.15, -0.1) is 0 Å². The number of hydrogen-bond donors (Lipinski definition) is 0. The molecular weight excluding hydrogens is 273 g/mol. The van der Waals surface area contributed by atoms with Crippen LogP contribution in [0.25, 0.3) is 0 Å². The molecule has 1 aromatic heterocycles. The average Bonchev–Trinajstić information content (AvgIpc) is 2.84. The van der Waals surface area contributed by atoms with Crippen molar-refractivity contribution in [2.45, 2.75) is 51.2 Å². The summed E-state index contributed by atoms with van der Waals surface area (Å²) in [4.78, 5) is 11.6. The van der Waals surface area contributed by atoms with E-state index >= 15 is 0 Å². The lowest BCUT2D eigenvalue weighted by Crippen LogP contribution is -2.23. The largest absolute Gasteiger partial charge is 0.462 e. The van der Waals surface area contributed by atoms with Crippen molar-refractivity contribution < 1.29 is 22.7 Å². The van der Waals surface area contributed by atoms with Gasteiger partial charge in [0.25, 0.3) is 0 Å². The molecule has 1 saturated carbocycles. The second-order valence-corrected chi connectivity index (χ2v) is 4.86. The molecule has 0 unspecified atom stereocenters. The number of ether oxygens (including phenoxy) is 1. The summed E-state index contributed by atoms with van der Waals surface area (Å²) in [5.74, 6) is -0.970. The van der Waals surface area contributed by atoms with Crippen LogP contribution in [0.5, 0.6) is 0 Å². The highest BCUT2D eigenvalue weighted by Crippen LogP contribution is 2.37. The van der Waals surface area contributed by atoms with Crippen LogP contribution < -0.4 is 0 Å². The molecule has 112 valence electrons. The van der Waals surface area contributed by atoms with Crippen molar-refractivity contribution in [3.8, 4) is 0 Å². The number of esters is 1. The molecule has 1 aliphatic rings. The fourth-order valence-electron chi connectivity index (χ4n) is 2.61. The third-order valence-electron chi connectivity index (χ3n) is 3.48. The van der Waals surface area contributed by atoms with E-state index in [0.29, 0.717) is 12.8 Å². The van der Waals surface area contributed by atoms with Gasteiger partial charge in [0.05, 0.1) is 18.8 Å². The van der Waals surface area contributed by atoms with Crippen molar-refractivity contribution in [2.24, 2.45) is 0 Å². The van der Waals surface area contributed by atoms with Gasteiger partial charge in [0.1, 0.15) is 5.56 Å². The Morgan fingerprint density at radius 2 is 2.05 bits per heavy atom. The van der Waals surface area contributed by atoms with E-state index in [-0.39, 0.29) is 12.6 Å². The molecule has 0 saturated heterocycles. The average molecular weight is 290 g/mol. The summed E-state index contributed by atoms with van der Waals surface area (Å²) in [6.07, 6.45) is 0.475. The van der Waals surface area contributed by atoms with Crippen molar-refractivity contribution in [1.82, 2.24) is 9.78 Å². The van der Waals surface area contributed by atoms with E-state index in [1.807, 2.05) is 0 Å². The van der Waals surface area contributed by atoms with Crippen LogP contribution in [0.4, 0.5) is 13.2 Å². The number of carbonyl (C=O) groups excluding carboxylic acids is 1. The van der Waals surface area contributed by atoms with E-state index in [1.165, 1.54) is 0 Å². The van der Waals surface area contributed by atoms with Crippen LogP contribution in [-0.4, -0.2) is 22.4 Å². The Hall–Kier alpha value is -1.53. The summed E-state index contributed by atoms with van der Waals surface area (Å²) < 4.78 is 45.3. The van der Waals surface area contributed by atoms with E-state index in [9.17, 15) is 18.0 Å². The summed E-state index contributed by atoms with van der Waals surface area (Å²) in [5, 5.41) is 3.81. The third-order valence-corrected chi connectivity index (χ3v) is 3.48. The number of carbonyl (C=O) groups is 1. The molecule has 0 aliphatic heterocycles. The zero-order valence-corrected chi connectivity index (χ0v) is 11.2. The van der Waals surface area contributed by atoms with Gasteiger partial charge >= 0.3 is 12.1 Å². The molecule has 1 aliphatic carbocycles. The standard InChI is InChI=1S/C13H17F3N2O2/c1-2-20-12(19)10-8-17-18(11(10)13(14,15)16)9-6-4-3-5-7-9/h8-9H,2-7H2,1H3. The Bertz CT molecular complexity index is 476. The van der Waals surface area contributed by atoms with Gasteiger partial charge < -0.3 is 4.74 Å². The first-order valence-corrected chi connectivity index (χ1v) is 6.77. The minimum absolute atomic E-state index is 0.0325. The first-order chi connectivity index (χ1) is 9.45. The van der Waals surface area contributed by atoms with Gasteiger partial charge in [0.2, 0.25) is 0 Å². The topological polar surface area (TPSA) is 44.1 Å². The third kappa shape index (κ3) is 2.96. The molecule has 1 aromatic rings. The van der Waals surface area contributed by atoms with E-state index in [2.05, 4.69) is 9.84 Å². The molecule has 0 spiro atoms. The highest BCUT2D eigenvalue weighted by molar-refractivity contribution is 5.90. The summed E-state index contributed by atoms with van der Waals surface area (Å²) in [6, 6.07) is -0.288. The quantitative estimate of drug-likeness (QED) is 0.799. The number of alkyl halides is 3. The molecule has 1 heterocycles. The van der Waals surface area contributed by atoms with E-state index in [4.69, 9.17) is 0 Å². The molecule has 0 bridgehead atoms. The molecule has 1 fully saturated rings. The predicted molar refractivity (Wildman–Crippen MR) is 65.3 cm³/mol. The Labute approximate surface area is 114 Å². The fraction of sp³-hybridized carbons (Fsp3) is 0.692. The Morgan fingerprint density at radius 3 is 2.60 bits per heavy atom. The van der Waals surface area contributed by atoms with Crippen molar-refractivity contribution in [1.29, 1.82) is 0 Å². The van der Waals surface area contributed by atoms with Crippen LogP contribution >= 0.6 is 0 Å². The SMILES string of the molecule is CCOC(=O)c1cnn(C2CCCCC2)c1C(F)(F)F. The highest BCUT2D eigenvalue weighted by atomic mass is 19.4. The smallest absolute Gasteiger partial charge is 0.433 e. The van der Waals surface area contributed by atoms with E-state index in [1.54, 1.807) is 6.92 Å². The van der Waals surface area contributed by atoms with Crippen LogP contribution in [0.15, 0.2) is 6.20 Å². The first-order valence-electron chi connectivity index (χ1n) is 6.77. The zero-order chi connectivity index (χ0) is 14.8. The maximum absolute atomic E-state index is 13.2. The molecule has 20 heavy (non-hydrogen) atoms. The van der Waals surface area contributed by atoms with Crippen molar-refractivity contribution in [2.75, 3.05) is 6.61 Å².